The van der Waals surface area contributed by atoms with E-state index in [1.807, 2.05) is 18.2 Å². The Morgan fingerprint density at radius 3 is 2.71 bits per heavy atom. The predicted octanol–water partition coefficient (Wildman–Crippen LogP) is -0.166. The normalized spacial score (nSPS) is 30.6. The van der Waals surface area contributed by atoms with Crippen molar-refractivity contribution in [1.29, 1.82) is 0 Å². The van der Waals surface area contributed by atoms with Crippen LogP contribution in [0.5, 0.6) is 0 Å². The van der Waals surface area contributed by atoms with Gasteiger partial charge in [-0.25, -0.2) is 0 Å². The van der Waals surface area contributed by atoms with Gasteiger partial charge in [0.2, 0.25) is 0 Å². The minimum Gasteiger partial charge on any atom is -0.388 e. The predicted molar refractivity (Wildman–Crippen MR) is 53.9 cm³/mol. The molecule has 0 spiro atoms. The Bertz CT molecular complexity index is 330. The number of fused-ring (bicyclic) bond motifs is 1. The molecule has 0 saturated carbocycles. The van der Waals surface area contributed by atoms with E-state index in [4.69, 9.17) is 5.73 Å². The molecule has 76 valence electrons. The number of hydrogen-bond donors (Lipinski definition) is 4. The van der Waals surface area contributed by atoms with Crippen molar-refractivity contribution >= 4 is 5.69 Å². The number of nitrogens with two attached hydrogens (primary N) is 1. The second-order valence-electron chi connectivity index (χ2n) is 3.51. The summed E-state index contributed by atoms with van der Waals surface area (Å²) in [5.74, 6) is 0. The molecule has 1 heterocycles. The van der Waals surface area contributed by atoms with Gasteiger partial charge in [-0.1, -0.05) is 18.2 Å². The number of anilines is 1. The molecule has 0 aromatic heterocycles. The van der Waals surface area contributed by atoms with Crippen LogP contribution in [0, 0.1) is 0 Å². The highest BCUT2D eigenvalue weighted by Gasteiger charge is 2.32. The van der Waals surface area contributed by atoms with Crippen LogP contribution in [0.2, 0.25) is 0 Å². The summed E-state index contributed by atoms with van der Waals surface area (Å²) in [5.41, 5.74) is 7.05. The number of aliphatic hydroxyl groups is 2. The van der Waals surface area contributed by atoms with Gasteiger partial charge >= 0.3 is 0 Å². The quantitative estimate of drug-likeness (QED) is 0.500. The molecule has 4 nitrogen and oxygen atoms in total. The molecule has 1 aliphatic heterocycles. The molecule has 0 bridgehead atoms. The van der Waals surface area contributed by atoms with Gasteiger partial charge in [0.1, 0.15) is 12.2 Å². The van der Waals surface area contributed by atoms with Crippen molar-refractivity contribution in [2.24, 2.45) is 5.73 Å². The van der Waals surface area contributed by atoms with Crippen molar-refractivity contribution in [3.63, 3.8) is 0 Å². The first-order chi connectivity index (χ1) is 6.74. The number of rotatable bonds is 1. The molecule has 0 radical (unpaired) electrons. The van der Waals surface area contributed by atoms with Crippen LogP contribution in [0.4, 0.5) is 5.69 Å². The first kappa shape index (κ1) is 9.45. The summed E-state index contributed by atoms with van der Waals surface area (Å²) >= 11 is 0. The summed E-state index contributed by atoms with van der Waals surface area (Å²) in [5, 5.41) is 22.6. The number of aliphatic hydroxyl groups excluding tert-OH is 2. The molecule has 0 amide bonds. The van der Waals surface area contributed by atoms with Crippen LogP contribution < -0.4 is 11.1 Å². The molecule has 1 aliphatic rings. The molecule has 5 N–H and O–H groups in total. The van der Waals surface area contributed by atoms with Gasteiger partial charge in [-0.2, -0.15) is 0 Å². The van der Waals surface area contributed by atoms with E-state index in [9.17, 15) is 10.2 Å². The zero-order valence-corrected chi connectivity index (χ0v) is 7.72. The summed E-state index contributed by atoms with van der Waals surface area (Å²) < 4.78 is 0. The van der Waals surface area contributed by atoms with Gasteiger partial charge in [0.15, 0.2) is 0 Å². The molecule has 0 unspecified atom stereocenters. The Kier molecular flexibility index (Phi) is 2.41. The maximum absolute atomic E-state index is 9.79. The molecule has 1 aromatic carbocycles. The number of para-hydroxylation sites is 1. The highest BCUT2D eigenvalue weighted by atomic mass is 16.3. The van der Waals surface area contributed by atoms with Crippen LogP contribution >= 0.6 is 0 Å². The maximum atomic E-state index is 9.79. The van der Waals surface area contributed by atoms with Crippen molar-refractivity contribution in [3.8, 4) is 0 Å². The summed E-state index contributed by atoms with van der Waals surface area (Å²) in [6.07, 6.45) is -1.68. The standard InChI is InChI=1S/C10H14N2O2/c11-5-8-10(14)9(13)6-3-1-2-4-7(6)12-8/h1-4,8-10,12-14H,5,11H2/t8-,9-,10-/m0/s1. The van der Waals surface area contributed by atoms with Gasteiger partial charge in [-0.05, 0) is 6.07 Å². The number of hydrogen-bond acceptors (Lipinski definition) is 4. The van der Waals surface area contributed by atoms with Crippen molar-refractivity contribution < 1.29 is 10.2 Å². The second kappa shape index (κ2) is 3.57. The molecule has 0 fully saturated rings. The smallest absolute Gasteiger partial charge is 0.109 e. The molecule has 1 aromatic rings. The van der Waals surface area contributed by atoms with Crippen LogP contribution in [0.3, 0.4) is 0 Å². The molecule has 0 aliphatic carbocycles. The van der Waals surface area contributed by atoms with Gasteiger partial charge in [0.05, 0.1) is 6.04 Å². The Morgan fingerprint density at radius 2 is 2.00 bits per heavy atom. The van der Waals surface area contributed by atoms with E-state index >= 15 is 0 Å². The van der Waals surface area contributed by atoms with E-state index < -0.39 is 12.2 Å². The number of benzene rings is 1. The fraction of sp³-hybridized carbons (Fsp3) is 0.400. The average molecular weight is 194 g/mol. The third-order valence-electron chi connectivity index (χ3n) is 2.61. The second-order valence-corrected chi connectivity index (χ2v) is 3.51. The zero-order chi connectivity index (χ0) is 10.1. The molecule has 0 saturated heterocycles. The maximum Gasteiger partial charge on any atom is 0.109 e. The minimum absolute atomic E-state index is 0.278. The monoisotopic (exact) mass is 194 g/mol. The minimum atomic E-state index is -0.846. The van der Waals surface area contributed by atoms with Crippen molar-refractivity contribution in [3.05, 3.63) is 29.8 Å². The van der Waals surface area contributed by atoms with Gasteiger partial charge in [0, 0.05) is 17.8 Å². The Labute approximate surface area is 82.4 Å². The Balaban J connectivity index is 2.37. The lowest BCUT2D eigenvalue weighted by Crippen LogP contribution is -2.46. The summed E-state index contributed by atoms with van der Waals surface area (Å²) in [7, 11) is 0. The number of nitrogens with one attached hydrogen (secondary N) is 1. The Morgan fingerprint density at radius 1 is 1.29 bits per heavy atom. The van der Waals surface area contributed by atoms with Gasteiger partial charge in [-0.15, -0.1) is 0 Å². The van der Waals surface area contributed by atoms with Crippen LogP contribution in [0.25, 0.3) is 0 Å². The van der Waals surface area contributed by atoms with Crippen LogP contribution in [-0.4, -0.2) is 28.9 Å². The van der Waals surface area contributed by atoms with E-state index in [0.29, 0.717) is 6.54 Å². The van der Waals surface area contributed by atoms with E-state index in [-0.39, 0.29) is 6.04 Å². The highest BCUT2D eigenvalue weighted by molar-refractivity contribution is 5.55. The third-order valence-corrected chi connectivity index (χ3v) is 2.61. The zero-order valence-electron chi connectivity index (χ0n) is 7.72. The average Bonchev–Trinajstić information content (AvgIpc) is 2.23. The first-order valence-corrected chi connectivity index (χ1v) is 4.65. The molecule has 2 rings (SSSR count). The van der Waals surface area contributed by atoms with E-state index in [2.05, 4.69) is 5.32 Å². The highest BCUT2D eigenvalue weighted by Crippen LogP contribution is 2.31. The fourth-order valence-electron chi connectivity index (χ4n) is 1.77. The Hall–Kier alpha value is -1.10. The summed E-state index contributed by atoms with van der Waals surface area (Å²) in [6.45, 7) is 0.298. The third kappa shape index (κ3) is 1.37. The fourth-order valence-corrected chi connectivity index (χ4v) is 1.77. The molecule has 14 heavy (non-hydrogen) atoms. The van der Waals surface area contributed by atoms with Crippen LogP contribution in [-0.2, 0) is 0 Å². The topological polar surface area (TPSA) is 78.5 Å². The van der Waals surface area contributed by atoms with Gasteiger partial charge in [-0.3, -0.25) is 0 Å². The van der Waals surface area contributed by atoms with Gasteiger partial charge in [0.25, 0.3) is 0 Å². The van der Waals surface area contributed by atoms with E-state index in [1.54, 1.807) is 6.07 Å². The van der Waals surface area contributed by atoms with Crippen LogP contribution in [0.1, 0.15) is 11.7 Å². The van der Waals surface area contributed by atoms with Crippen LogP contribution in [0.15, 0.2) is 24.3 Å². The lowest BCUT2D eigenvalue weighted by molar-refractivity contribution is 0.00411. The molecular formula is C10H14N2O2. The first-order valence-electron chi connectivity index (χ1n) is 4.65. The lowest BCUT2D eigenvalue weighted by Gasteiger charge is -2.34. The van der Waals surface area contributed by atoms with E-state index in [0.717, 1.165) is 11.3 Å². The lowest BCUT2D eigenvalue weighted by atomic mass is 9.92. The molecule has 3 atom stereocenters. The summed E-state index contributed by atoms with van der Waals surface area (Å²) in [4.78, 5) is 0. The summed E-state index contributed by atoms with van der Waals surface area (Å²) in [6, 6.07) is 7.10. The van der Waals surface area contributed by atoms with E-state index in [1.165, 1.54) is 0 Å². The SMILES string of the molecule is NC[C@@H]1Nc2ccccc2[C@H](O)[C@H]1O. The van der Waals surface area contributed by atoms with Crippen molar-refractivity contribution in [2.45, 2.75) is 18.2 Å². The van der Waals surface area contributed by atoms with Crippen molar-refractivity contribution in [2.75, 3.05) is 11.9 Å². The molecule has 4 heteroatoms. The molecular weight excluding hydrogens is 180 g/mol. The van der Waals surface area contributed by atoms with Gasteiger partial charge < -0.3 is 21.3 Å². The largest absolute Gasteiger partial charge is 0.388 e. The van der Waals surface area contributed by atoms with Crippen molar-refractivity contribution in [1.82, 2.24) is 0 Å².